The van der Waals surface area contributed by atoms with Gasteiger partial charge in [-0.3, -0.25) is 10.1 Å². The summed E-state index contributed by atoms with van der Waals surface area (Å²) in [5.41, 5.74) is 0.751. The number of nitro groups is 1. The summed E-state index contributed by atoms with van der Waals surface area (Å²) < 4.78 is 5.31. The zero-order valence-electron chi connectivity index (χ0n) is 11.1. The molecule has 2 rings (SSSR count). The van der Waals surface area contributed by atoms with E-state index in [1.54, 1.807) is 6.07 Å². The van der Waals surface area contributed by atoms with E-state index in [1.807, 2.05) is 13.8 Å². The van der Waals surface area contributed by atoms with E-state index in [9.17, 15) is 10.1 Å². The van der Waals surface area contributed by atoms with Gasteiger partial charge >= 0.3 is 0 Å². The fourth-order valence-electron chi connectivity index (χ4n) is 1.69. The summed E-state index contributed by atoms with van der Waals surface area (Å²) in [6.07, 6.45) is 1.47. The first-order valence-electron chi connectivity index (χ1n) is 6.10. The minimum absolute atomic E-state index is 0.122. The molecule has 0 radical (unpaired) electrons. The van der Waals surface area contributed by atoms with E-state index in [-0.39, 0.29) is 22.2 Å². The number of nitrogens with zero attached hydrogens (tertiary/aromatic N) is 2. The van der Waals surface area contributed by atoms with Crippen LogP contribution in [0.15, 0.2) is 28.9 Å². The fraction of sp³-hybridized carbons (Fsp3) is 0.308. The van der Waals surface area contributed by atoms with Crippen molar-refractivity contribution in [3.63, 3.8) is 0 Å². The molecule has 0 bridgehead atoms. The summed E-state index contributed by atoms with van der Waals surface area (Å²) in [5, 5.41) is 14.5. The molecule has 0 fully saturated rings. The molecule has 0 aliphatic heterocycles. The maximum atomic E-state index is 11.0. The van der Waals surface area contributed by atoms with E-state index in [4.69, 9.17) is 16.0 Å². The van der Waals surface area contributed by atoms with Crippen molar-refractivity contribution in [1.82, 2.24) is 10.3 Å². The first-order chi connectivity index (χ1) is 9.49. The largest absolute Gasteiger partial charge is 0.444 e. The molecule has 0 atom stereocenters. The molecule has 0 saturated heterocycles. The monoisotopic (exact) mass is 295 g/mol. The van der Waals surface area contributed by atoms with Gasteiger partial charge in [-0.1, -0.05) is 31.5 Å². The molecule has 106 valence electrons. The topological polar surface area (TPSA) is 81.2 Å². The van der Waals surface area contributed by atoms with E-state index >= 15 is 0 Å². The Morgan fingerprint density at radius 1 is 1.50 bits per heavy atom. The SMILES string of the molecule is CC(C)NCc1coc(-c2c(Cl)cccc2[N+](=O)[O-])n1. The van der Waals surface area contributed by atoms with Gasteiger partial charge in [-0.25, -0.2) is 4.98 Å². The molecule has 0 saturated carbocycles. The molecular formula is C13H14ClN3O3. The van der Waals surface area contributed by atoms with E-state index in [0.717, 1.165) is 0 Å². The summed E-state index contributed by atoms with van der Waals surface area (Å²) in [4.78, 5) is 14.8. The highest BCUT2D eigenvalue weighted by molar-refractivity contribution is 6.33. The van der Waals surface area contributed by atoms with Crippen LogP contribution in [0.25, 0.3) is 11.5 Å². The van der Waals surface area contributed by atoms with Crippen molar-refractivity contribution in [3.8, 4) is 11.5 Å². The number of hydrogen-bond acceptors (Lipinski definition) is 5. The molecule has 1 aromatic carbocycles. The maximum absolute atomic E-state index is 11.0. The summed E-state index contributed by atoms with van der Waals surface area (Å²) in [5.74, 6) is 0.155. The predicted molar refractivity (Wildman–Crippen MR) is 75.6 cm³/mol. The lowest BCUT2D eigenvalue weighted by molar-refractivity contribution is -0.384. The van der Waals surface area contributed by atoms with Crippen LogP contribution >= 0.6 is 11.6 Å². The van der Waals surface area contributed by atoms with E-state index in [1.165, 1.54) is 18.4 Å². The van der Waals surface area contributed by atoms with Gasteiger partial charge in [-0.2, -0.15) is 0 Å². The van der Waals surface area contributed by atoms with E-state index in [0.29, 0.717) is 18.3 Å². The number of benzene rings is 1. The third-order valence-electron chi connectivity index (χ3n) is 2.65. The highest BCUT2D eigenvalue weighted by Gasteiger charge is 2.22. The number of nitrogens with one attached hydrogen (secondary N) is 1. The smallest absolute Gasteiger partial charge is 0.283 e. The summed E-state index contributed by atoms with van der Waals surface area (Å²) in [6.45, 7) is 4.55. The van der Waals surface area contributed by atoms with Crippen molar-refractivity contribution in [3.05, 3.63) is 45.3 Å². The van der Waals surface area contributed by atoms with Crippen molar-refractivity contribution in [2.45, 2.75) is 26.4 Å². The van der Waals surface area contributed by atoms with Gasteiger partial charge in [0.2, 0.25) is 5.89 Å². The van der Waals surface area contributed by atoms with Gasteiger partial charge in [-0.05, 0) is 6.07 Å². The summed E-state index contributed by atoms with van der Waals surface area (Å²) >= 11 is 6.02. The molecule has 1 aromatic heterocycles. The van der Waals surface area contributed by atoms with Crippen molar-refractivity contribution in [1.29, 1.82) is 0 Å². The summed E-state index contributed by atoms with van der Waals surface area (Å²) in [6, 6.07) is 4.77. The average molecular weight is 296 g/mol. The first-order valence-corrected chi connectivity index (χ1v) is 6.48. The molecule has 20 heavy (non-hydrogen) atoms. The molecule has 6 nitrogen and oxygen atoms in total. The third kappa shape index (κ3) is 3.15. The van der Waals surface area contributed by atoms with Crippen LogP contribution in [0.5, 0.6) is 0 Å². The van der Waals surface area contributed by atoms with Crippen LogP contribution < -0.4 is 5.32 Å². The summed E-state index contributed by atoms with van der Waals surface area (Å²) in [7, 11) is 0. The van der Waals surface area contributed by atoms with Gasteiger partial charge in [0, 0.05) is 18.7 Å². The Morgan fingerprint density at radius 2 is 2.25 bits per heavy atom. The minimum Gasteiger partial charge on any atom is -0.444 e. The standard InChI is InChI=1S/C13H14ClN3O3/c1-8(2)15-6-9-7-20-13(16-9)12-10(14)4-3-5-11(12)17(18)19/h3-5,7-8,15H,6H2,1-2H3. The zero-order valence-corrected chi connectivity index (χ0v) is 11.8. The van der Waals surface area contributed by atoms with Gasteiger partial charge in [0.25, 0.3) is 5.69 Å². The third-order valence-corrected chi connectivity index (χ3v) is 2.96. The van der Waals surface area contributed by atoms with Crippen molar-refractivity contribution >= 4 is 17.3 Å². The molecule has 1 N–H and O–H groups in total. The lowest BCUT2D eigenvalue weighted by atomic mass is 10.2. The second-order valence-electron chi connectivity index (χ2n) is 4.57. The highest BCUT2D eigenvalue weighted by Crippen LogP contribution is 2.35. The van der Waals surface area contributed by atoms with Crippen molar-refractivity contribution < 1.29 is 9.34 Å². The number of halogens is 1. The fourth-order valence-corrected chi connectivity index (χ4v) is 1.94. The normalized spacial score (nSPS) is 11.0. The minimum atomic E-state index is -0.503. The Hall–Kier alpha value is -1.92. The van der Waals surface area contributed by atoms with Crippen molar-refractivity contribution in [2.75, 3.05) is 0 Å². The quantitative estimate of drug-likeness (QED) is 0.675. The van der Waals surface area contributed by atoms with Crippen LogP contribution in [0.4, 0.5) is 5.69 Å². The second-order valence-corrected chi connectivity index (χ2v) is 4.98. The Kier molecular flexibility index (Phi) is 4.36. The van der Waals surface area contributed by atoms with Crippen LogP contribution in [-0.4, -0.2) is 15.9 Å². The number of rotatable bonds is 5. The predicted octanol–water partition coefficient (Wildman–Crippen LogP) is 3.40. The number of aromatic nitrogens is 1. The van der Waals surface area contributed by atoms with Crippen LogP contribution in [0.1, 0.15) is 19.5 Å². The molecule has 2 aromatic rings. The second kappa shape index (κ2) is 6.02. The van der Waals surface area contributed by atoms with Gasteiger partial charge in [-0.15, -0.1) is 0 Å². The number of hydrogen-bond donors (Lipinski definition) is 1. The van der Waals surface area contributed by atoms with Crippen LogP contribution in [0.2, 0.25) is 5.02 Å². The van der Waals surface area contributed by atoms with Gasteiger partial charge < -0.3 is 9.73 Å². The average Bonchev–Trinajstić information content (AvgIpc) is 2.84. The lowest BCUT2D eigenvalue weighted by Gasteiger charge is -2.04. The Labute approximate surface area is 120 Å². The molecule has 0 spiro atoms. The Balaban J connectivity index is 2.35. The number of oxazole rings is 1. The lowest BCUT2D eigenvalue weighted by Crippen LogP contribution is -2.21. The van der Waals surface area contributed by atoms with Crippen LogP contribution in [-0.2, 0) is 6.54 Å². The molecule has 1 heterocycles. The van der Waals surface area contributed by atoms with Gasteiger partial charge in [0.05, 0.1) is 15.6 Å². The first kappa shape index (κ1) is 14.5. The zero-order chi connectivity index (χ0) is 14.7. The van der Waals surface area contributed by atoms with Gasteiger partial charge in [0.15, 0.2) is 0 Å². The Morgan fingerprint density at radius 3 is 2.90 bits per heavy atom. The molecule has 0 aliphatic rings. The Bertz CT molecular complexity index is 625. The molecular weight excluding hydrogens is 282 g/mol. The van der Waals surface area contributed by atoms with E-state index in [2.05, 4.69) is 10.3 Å². The molecule has 0 aliphatic carbocycles. The van der Waals surface area contributed by atoms with E-state index < -0.39 is 4.92 Å². The van der Waals surface area contributed by atoms with Crippen molar-refractivity contribution in [2.24, 2.45) is 0 Å². The van der Waals surface area contributed by atoms with Crippen LogP contribution in [0, 0.1) is 10.1 Å². The number of nitro benzene ring substituents is 1. The molecule has 0 unspecified atom stereocenters. The highest BCUT2D eigenvalue weighted by atomic mass is 35.5. The van der Waals surface area contributed by atoms with Crippen LogP contribution in [0.3, 0.4) is 0 Å². The molecule has 0 amide bonds. The molecule has 7 heteroatoms. The van der Waals surface area contributed by atoms with Gasteiger partial charge in [0.1, 0.15) is 11.8 Å². The maximum Gasteiger partial charge on any atom is 0.283 e.